The van der Waals surface area contributed by atoms with Gasteiger partial charge in [0.05, 0.1) is 18.7 Å². The zero-order chi connectivity index (χ0) is 15.4. The van der Waals surface area contributed by atoms with E-state index in [2.05, 4.69) is 21.2 Å². The molecule has 0 aliphatic rings. The van der Waals surface area contributed by atoms with Crippen molar-refractivity contribution in [3.63, 3.8) is 0 Å². The summed E-state index contributed by atoms with van der Waals surface area (Å²) in [6, 6.07) is 9.64. The van der Waals surface area contributed by atoms with E-state index in [0.29, 0.717) is 27.2 Å². The molecule has 2 N–H and O–H groups in total. The van der Waals surface area contributed by atoms with Crippen LogP contribution < -0.4 is 14.8 Å². The molecule has 5 nitrogen and oxygen atoms in total. The highest BCUT2D eigenvalue weighted by molar-refractivity contribution is 9.10. The number of phenolic OH excluding ortho intramolecular Hbond substituents is 1. The Morgan fingerprint density at radius 1 is 1.10 bits per heavy atom. The van der Waals surface area contributed by atoms with Crippen molar-refractivity contribution in [1.29, 1.82) is 0 Å². The van der Waals surface area contributed by atoms with Gasteiger partial charge in [0.25, 0.3) is 5.91 Å². The van der Waals surface area contributed by atoms with Gasteiger partial charge in [-0.3, -0.25) is 4.79 Å². The second-order valence-corrected chi connectivity index (χ2v) is 5.04. The van der Waals surface area contributed by atoms with Gasteiger partial charge in [0.1, 0.15) is 5.75 Å². The van der Waals surface area contributed by atoms with E-state index in [1.54, 1.807) is 30.3 Å². The molecule has 0 aromatic heterocycles. The summed E-state index contributed by atoms with van der Waals surface area (Å²) in [5.41, 5.74) is 1.01. The Hall–Kier alpha value is -2.21. The summed E-state index contributed by atoms with van der Waals surface area (Å²) in [4.78, 5) is 12.2. The maximum Gasteiger partial charge on any atom is 0.255 e. The first-order valence-corrected chi connectivity index (χ1v) is 6.86. The first-order chi connectivity index (χ1) is 10.0. The molecular weight excluding hydrogens is 338 g/mol. The molecule has 0 spiro atoms. The third-order valence-corrected chi connectivity index (χ3v) is 3.49. The average molecular weight is 352 g/mol. The molecule has 0 aliphatic carbocycles. The van der Waals surface area contributed by atoms with Crippen molar-refractivity contribution >= 4 is 27.5 Å². The van der Waals surface area contributed by atoms with Gasteiger partial charge < -0.3 is 19.9 Å². The van der Waals surface area contributed by atoms with Gasteiger partial charge in [0.2, 0.25) is 0 Å². The predicted octanol–water partition coefficient (Wildman–Crippen LogP) is 3.42. The fourth-order valence-corrected chi connectivity index (χ4v) is 2.14. The van der Waals surface area contributed by atoms with Crippen molar-refractivity contribution in [2.45, 2.75) is 0 Å². The molecule has 2 aromatic rings. The second kappa shape index (κ2) is 6.49. The third-order valence-electron chi connectivity index (χ3n) is 2.85. The lowest BCUT2D eigenvalue weighted by Gasteiger charge is -2.10. The number of aromatic hydroxyl groups is 1. The van der Waals surface area contributed by atoms with Crippen molar-refractivity contribution < 1.29 is 19.4 Å². The minimum atomic E-state index is -0.284. The van der Waals surface area contributed by atoms with Gasteiger partial charge >= 0.3 is 0 Å². The summed E-state index contributed by atoms with van der Waals surface area (Å²) >= 11 is 3.20. The number of hydrogen-bond donors (Lipinski definition) is 2. The van der Waals surface area contributed by atoms with E-state index < -0.39 is 0 Å². The van der Waals surface area contributed by atoms with E-state index in [0.717, 1.165) is 0 Å². The van der Waals surface area contributed by atoms with Crippen LogP contribution in [0.5, 0.6) is 17.2 Å². The fraction of sp³-hybridized carbons (Fsp3) is 0.133. The molecule has 0 unspecified atom stereocenters. The number of rotatable bonds is 4. The highest BCUT2D eigenvalue weighted by Crippen LogP contribution is 2.29. The Labute approximate surface area is 130 Å². The molecule has 0 aliphatic heterocycles. The maximum absolute atomic E-state index is 12.2. The van der Waals surface area contributed by atoms with Crippen LogP contribution >= 0.6 is 15.9 Å². The summed E-state index contributed by atoms with van der Waals surface area (Å²) in [6.07, 6.45) is 0. The predicted molar refractivity (Wildman–Crippen MR) is 83.3 cm³/mol. The van der Waals surface area contributed by atoms with Gasteiger partial charge in [0, 0.05) is 11.3 Å². The van der Waals surface area contributed by atoms with Crippen molar-refractivity contribution in [2.24, 2.45) is 0 Å². The zero-order valence-corrected chi connectivity index (χ0v) is 13.1. The SMILES string of the molecule is COc1ccc(C(=O)Nc2ccc(O)c(Br)c2)cc1OC. The van der Waals surface area contributed by atoms with Gasteiger partial charge in [-0.15, -0.1) is 0 Å². The summed E-state index contributed by atoms with van der Waals surface area (Å²) in [5, 5.41) is 12.2. The topological polar surface area (TPSA) is 67.8 Å². The second-order valence-electron chi connectivity index (χ2n) is 4.19. The molecule has 0 bridgehead atoms. The molecule has 6 heteroatoms. The maximum atomic E-state index is 12.2. The average Bonchev–Trinajstić information content (AvgIpc) is 2.50. The number of benzene rings is 2. The van der Waals surface area contributed by atoms with E-state index in [1.807, 2.05) is 0 Å². The van der Waals surface area contributed by atoms with Gasteiger partial charge in [-0.05, 0) is 52.3 Å². The first kappa shape index (κ1) is 15.2. The fourth-order valence-electron chi connectivity index (χ4n) is 1.77. The molecular formula is C15H14BrNO4. The third kappa shape index (κ3) is 3.46. The summed E-state index contributed by atoms with van der Waals surface area (Å²) in [6.45, 7) is 0. The van der Waals surface area contributed by atoms with Gasteiger partial charge in [-0.25, -0.2) is 0 Å². The van der Waals surface area contributed by atoms with Crippen LogP contribution in [-0.2, 0) is 0 Å². The highest BCUT2D eigenvalue weighted by atomic mass is 79.9. The van der Waals surface area contributed by atoms with Gasteiger partial charge in [-0.1, -0.05) is 0 Å². The van der Waals surface area contributed by atoms with Crippen LogP contribution in [-0.4, -0.2) is 25.2 Å². The minimum absolute atomic E-state index is 0.110. The molecule has 0 radical (unpaired) electrons. The number of carbonyl (C=O) groups is 1. The molecule has 0 saturated carbocycles. The summed E-state index contributed by atoms with van der Waals surface area (Å²) in [7, 11) is 3.04. The minimum Gasteiger partial charge on any atom is -0.507 e. The number of nitrogens with one attached hydrogen (secondary N) is 1. The number of methoxy groups -OCH3 is 2. The number of halogens is 1. The summed E-state index contributed by atoms with van der Waals surface area (Å²) < 4.78 is 10.8. The molecule has 1 amide bonds. The number of ether oxygens (including phenoxy) is 2. The molecule has 110 valence electrons. The monoisotopic (exact) mass is 351 g/mol. The normalized spacial score (nSPS) is 10.0. The van der Waals surface area contributed by atoms with Crippen molar-refractivity contribution in [1.82, 2.24) is 0 Å². The van der Waals surface area contributed by atoms with Gasteiger partial charge in [-0.2, -0.15) is 0 Å². The van der Waals surface area contributed by atoms with E-state index in [1.165, 1.54) is 20.3 Å². The van der Waals surface area contributed by atoms with Crippen LogP contribution in [0.25, 0.3) is 0 Å². The number of amides is 1. The lowest BCUT2D eigenvalue weighted by molar-refractivity contribution is 0.102. The van der Waals surface area contributed by atoms with E-state index in [4.69, 9.17) is 9.47 Å². The van der Waals surface area contributed by atoms with Crippen LogP contribution in [0.4, 0.5) is 5.69 Å². The van der Waals surface area contributed by atoms with Crippen molar-refractivity contribution in [3.8, 4) is 17.2 Å². The van der Waals surface area contributed by atoms with Crippen LogP contribution in [0.2, 0.25) is 0 Å². The molecule has 0 fully saturated rings. The number of anilines is 1. The van der Waals surface area contributed by atoms with E-state index in [-0.39, 0.29) is 11.7 Å². The lowest BCUT2D eigenvalue weighted by Crippen LogP contribution is -2.12. The quantitative estimate of drug-likeness (QED) is 0.828. The summed E-state index contributed by atoms with van der Waals surface area (Å²) in [5.74, 6) is 0.867. The molecule has 21 heavy (non-hydrogen) atoms. The molecule has 0 atom stereocenters. The molecule has 2 rings (SSSR count). The zero-order valence-electron chi connectivity index (χ0n) is 11.5. The Kier molecular flexibility index (Phi) is 4.70. The van der Waals surface area contributed by atoms with Crippen molar-refractivity contribution in [2.75, 3.05) is 19.5 Å². The highest BCUT2D eigenvalue weighted by Gasteiger charge is 2.11. The molecule has 0 heterocycles. The lowest BCUT2D eigenvalue weighted by atomic mass is 10.2. The van der Waals surface area contributed by atoms with E-state index in [9.17, 15) is 9.90 Å². The van der Waals surface area contributed by atoms with Crippen LogP contribution in [0.15, 0.2) is 40.9 Å². The van der Waals surface area contributed by atoms with Gasteiger partial charge in [0.15, 0.2) is 11.5 Å². The van der Waals surface area contributed by atoms with Crippen molar-refractivity contribution in [3.05, 3.63) is 46.4 Å². The smallest absolute Gasteiger partial charge is 0.255 e. The van der Waals surface area contributed by atoms with Crippen LogP contribution in [0, 0.1) is 0 Å². The van der Waals surface area contributed by atoms with Crippen LogP contribution in [0.1, 0.15) is 10.4 Å². The van der Waals surface area contributed by atoms with Crippen LogP contribution in [0.3, 0.4) is 0 Å². The largest absolute Gasteiger partial charge is 0.507 e. The number of phenols is 1. The standard InChI is InChI=1S/C15H14BrNO4/c1-20-13-6-3-9(7-14(13)21-2)15(19)17-10-4-5-12(18)11(16)8-10/h3-8,18H,1-2H3,(H,17,19). The number of hydrogen-bond acceptors (Lipinski definition) is 4. The molecule has 0 saturated heterocycles. The Morgan fingerprint density at radius 2 is 1.81 bits per heavy atom. The number of carbonyl (C=O) groups excluding carboxylic acids is 1. The first-order valence-electron chi connectivity index (χ1n) is 6.07. The van der Waals surface area contributed by atoms with E-state index >= 15 is 0 Å². The Morgan fingerprint density at radius 3 is 2.43 bits per heavy atom. The Balaban J connectivity index is 2.21. The molecule has 2 aromatic carbocycles. The Bertz CT molecular complexity index is 673.